The average molecular weight is 318 g/mol. The van der Waals surface area contributed by atoms with Crippen molar-refractivity contribution in [3.05, 3.63) is 64.1 Å². The maximum atomic E-state index is 5.88. The summed E-state index contributed by atoms with van der Waals surface area (Å²) in [6.07, 6.45) is 2.88. The van der Waals surface area contributed by atoms with Gasteiger partial charge in [-0.3, -0.25) is 5.10 Å². The largest absolute Gasteiger partial charge is 0.312 e. The monoisotopic (exact) mass is 317 g/mol. The summed E-state index contributed by atoms with van der Waals surface area (Å²) in [6.45, 7) is 1.74. The molecule has 0 aliphatic carbocycles. The lowest BCUT2D eigenvalue weighted by atomic mass is 10.1. The molecule has 2 heterocycles. The summed E-state index contributed by atoms with van der Waals surface area (Å²) in [6, 6.07) is 12.2. The third-order valence-corrected chi connectivity index (χ3v) is 4.44. The van der Waals surface area contributed by atoms with Crippen molar-refractivity contribution < 1.29 is 0 Å². The topological polar surface area (TPSA) is 40.7 Å². The maximum Gasteiger partial charge on any atom is 0.0794 e. The Bertz CT molecular complexity index is 674. The fourth-order valence-corrected chi connectivity index (χ4v) is 3.07. The summed E-state index contributed by atoms with van der Waals surface area (Å²) in [4.78, 5) is 1.22. The van der Waals surface area contributed by atoms with Crippen LogP contribution in [-0.2, 0) is 13.0 Å². The van der Waals surface area contributed by atoms with Crippen molar-refractivity contribution in [1.82, 2.24) is 15.5 Å². The van der Waals surface area contributed by atoms with Crippen LogP contribution in [-0.4, -0.2) is 16.7 Å². The molecule has 3 rings (SSSR count). The van der Waals surface area contributed by atoms with Crippen LogP contribution in [0, 0.1) is 0 Å². The lowest BCUT2D eigenvalue weighted by molar-refractivity contribution is 0.688. The molecule has 0 amide bonds. The summed E-state index contributed by atoms with van der Waals surface area (Å²) >= 11 is 7.60. The second-order valence-electron chi connectivity index (χ2n) is 4.80. The second kappa shape index (κ2) is 6.89. The summed E-state index contributed by atoms with van der Waals surface area (Å²) in [5.41, 5.74) is 3.61. The Hall–Kier alpha value is -1.62. The van der Waals surface area contributed by atoms with Crippen LogP contribution >= 0.6 is 22.9 Å². The van der Waals surface area contributed by atoms with Crippen molar-refractivity contribution in [3.8, 4) is 10.6 Å². The average Bonchev–Trinajstić information content (AvgIpc) is 3.16. The van der Waals surface area contributed by atoms with Gasteiger partial charge in [0, 0.05) is 17.1 Å². The molecule has 1 aromatic carbocycles. The van der Waals surface area contributed by atoms with Crippen LogP contribution in [0.25, 0.3) is 10.6 Å². The molecule has 0 radical (unpaired) electrons. The Morgan fingerprint density at radius 3 is 2.81 bits per heavy atom. The summed E-state index contributed by atoms with van der Waals surface area (Å²) < 4.78 is 0. The number of halogens is 1. The second-order valence-corrected chi connectivity index (χ2v) is 6.18. The van der Waals surface area contributed by atoms with Crippen LogP contribution in [0.5, 0.6) is 0 Å². The van der Waals surface area contributed by atoms with E-state index in [9.17, 15) is 0 Å². The van der Waals surface area contributed by atoms with Crippen molar-refractivity contribution in [2.75, 3.05) is 6.54 Å². The van der Waals surface area contributed by atoms with Gasteiger partial charge in [0.05, 0.1) is 16.8 Å². The smallest absolute Gasteiger partial charge is 0.0794 e. The standard InChI is InChI=1S/C16H16ClN3S/c17-14-5-3-12(4-6-14)7-8-18-10-13-11-19-20-16(13)15-2-1-9-21-15/h1-6,9,11,18H,7-8,10H2,(H,19,20). The molecule has 2 N–H and O–H groups in total. The number of hydrogen-bond donors (Lipinski definition) is 2. The number of aromatic amines is 1. The molecule has 3 aromatic rings. The minimum absolute atomic E-state index is 0.783. The van der Waals surface area contributed by atoms with Gasteiger partial charge in [-0.15, -0.1) is 11.3 Å². The molecule has 0 aliphatic rings. The molecule has 0 fully saturated rings. The van der Waals surface area contributed by atoms with Gasteiger partial charge in [-0.25, -0.2) is 0 Å². The molecule has 0 atom stereocenters. The number of rotatable bonds is 6. The molecule has 0 bridgehead atoms. The zero-order valence-electron chi connectivity index (χ0n) is 11.5. The molecule has 2 aromatic heterocycles. The Kier molecular flexibility index (Phi) is 4.70. The number of nitrogens with one attached hydrogen (secondary N) is 2. The maximum absolute atomic E-state index is 5.88. The van der Waals surface area contributed by atoms with Crippen LogP contribution < -0.4 is 5.32 Å². The van der Waals surface area contributed by atoms with Gasteiger partial charge in [-0.2, -0.15) is 5.10 Å². The number of hydrogen-bond acceptors (Lipinski definition) is 3. The van der Waals surface area contributed by atoms with E-state index in [0.717, 1.165) is 30.2 Å². The predicted molar refractivity (Wildman–Crippen MR) is 88.8 cm³/mol. The van der Waals surface area contributed by atoms with Crippen LogP contribution in [0.1, 0.15) is 11.1 Å². The van der Waals surface area contributed by atoms with Crippen molar-refractivity contribution >= 4 is 22.9 Å². The quantitative estimate of drug-likeness (QED) is 0.671. The summed E-state index contributed by atoms with van der Waals surface area (Å²) in [5.74, 6) is 0. The van der Waals surface area contributed by atoms with Crippen LogP contribution in [0.15, 0.2) is 48.0 Å². The first-order valence-corrected chi connectivity index (χ1v) is 8.10. The third-order valence-electron chi connectivity index (χ3n) is 3.30. The van der Waals surface area contributed by atoms with Gasteiger partial charge in [0.2, 0.25) is 0 Å². The van der Waals surface area contributed by atoms with Gasteiger partial charge in [0.15, 0.2) is 0 Å². The van der Waals surface area contributed by atoms with Gasteiger partial charge in [0.1, 0.15) is 0 Å². The number of aromatic nitrogens is 2. The highest BCUT2D eigenvalue weighted by molar-refractivity contribution is 7.13. The molecular weight excluding hydrogens is 302 g/mol. The van der Waals surface area contributed by atoms with E-state index >= 15 is 0 Å². The van der Waals surface area contributed by atoms with Crippen molar-refractivity contribution in [2.24, 2.45) is 0 Å². The number of benzene rings is 1. The molecule has 3 nitrogen and oxygen atoms in total. The molecule has 0 unspecified atom stereocenters. The minimum atomic E-state index is 0.783. The Balaban J connectivity index is 1.52. The number of thiophene rings is 1. The first-order chi connectivity index (χ1) is 10.3. The van der Waals surface area contributed by atoms with Crippen molar-refractivity contribution in [2.45, 2.75) is 13.0 Å². The van der Waals surface area contributed by atoms with E-state index in [1.807, 2.05) is 18.3 Å². The zero-order chi connectivity index (χ0) is 14.5. The molecule has 21 heavy (non-hydrogen) atoms. The van der Waals surface area contributed by atoms with E-state index in [2.05, 4.69) is 45.2 Å². The lowest BCUT2D eigenvalue weighted by Gasteiger charge is -2.05. The normalized spacial score (nSPS) is 10.9. The van der Waals surface area contributed by atoms with E-state index in [4.69, 9.17) is 11.6 Å². The fraction of sp³-hybridized carbons (Fsp3) is 0.188. The van der Waals surface area contributed by atoms with E-state index in [1.165, 1.54) is 16.0 Å². The van der Waals surface area contributed by atoms with Crippen LogP contribution in [0.4, 0.5) is 0 Å². The van der Waals surface area contributed by atoms with Gasteiger partial charge >= 0.3 is 0 Å². The number of nitrogens with zero attached hydrogens (tertiary/aromatic N) is 1. The summed E-state index contributed by atoms with van der Waals surface area (Å²) in [7, 11) is 0. The molecule has 5 heteroatoms. The Morgan fingerprint density at radius 1 is 1.19 bits per heavy atom. The molecular formula is C16H16ClN3S. The van der Waals surface area contributed by atoms with Crippen LogP contribution in [0.2, 0.25) is 5.02 Å². The summed E-state index contributed by atoms with van der Waals surface area (Å²) in [5, 5.41) is 13.6. The van der Waals surface area contributed by atoms with E-state index in [-0.39, 0.29) is 0 Å². The lowest BCUT2D eigenvalue weighted by Crippen LogP contribution is -2.16. The van der Waals surface area contributed by atoms with E-state index in [0.29, 0.717) is 0 Å². The Labute approximate surface area is 133 Å². The highest BCUT2D eigenvalue weighted by Gasteiger charge is 2.07. The number of H-pyrrole nitrogens is 1. The SMILES string of the molecule is Clc1ccc(CCNCc2cn[nH]c2-c2cccs2)cc1. The highest BCUT2D eigenvalue weighted by Crippen LogP contribution is 2.25. The van der Waals surface area contributed by atoms with Crippen LogP contribution in [0.3, 0.4) is 0 Å². The third kappa shape index (κ3) is 3.73. The van der Waals surface area contributed by atoms with E-state index in [1.54, 1.807) is 11.3 Å². The fourth-order valence-electron chi connectivity index (χ4n) is 2.19. The van der Waals surface area contributed by atoms with Gasteiger partial charge in [-0.1, -0.05) is 29.8 Å². The van der Waals surface area contributed by atoms with E-state index < -0.39 is 0 Å². The highest BCUT2D eigenvalue weighted by atomic mass is 35.5. The first-order valence-electron chi connectivity index (χ1n) is 6.84. The molecule has 0 spiro atoms. The molecule has 108 valence electrons. The van der Waals surface area contributed by atoms with Gasteiger partial charge < -0.3 is 5.32 Å². The zero-order valence-corrected chi connectivity index (χ0v) is 13.0. The van der Waals surface area contributed by atoms with Crippen molar-refractivity contribution in [1.29, 1.82) is 0 Å². The Morgan fingerprint density at radius 2 is 2.05 bits per heavy atom. The van der Waals surface area contributed by atoms with Gasteiger partial charge in [-0.05, 0) is 42.1 Å². The molecule has 0 saturated carbocycles. The predicted octanol–water partition coefficient (Wildman–Crippen LogP) is 4.12. The molecule has 0 aliphatic heterocycles. The first kappa shape index (κ1) is 14.3. The van der Waals surface area contributed by atoms with Crippen molar-refractivity contribution in [3.63, 3.8) is 0 Å². The van der Waals surface area contributed by atoms with Gasteiger partial charge in [0.25, 0.3) is 0 Å². The minimum Gasteiger partial charge on any atom is -0.312 e. The molecule has 0 saturated heterocycles.